The molecule has 2 aromatic carbocycles. The molecule has 0 spiro atoms. The van der Waals surface area contributed by atoms with Crippen LogP contribution in [0.1, 0.15) is 21.7 Å². The standard InChI is InChI=1S/C20H16ClNO3/c1-12-19(21)20(25)18(17(11-24)22-12)16-8-6-15(7-9-16)14-4-2-13(10-23)3-5-14/h2-10,24H,11H2,1H3,(H,22,25). The van der Waals surface area contributed by atoms with Gasteiger partial charge < -0.3 is 10.1 Å². The monoisotopic (exact) mass is 353 g/mol. The Morgan fingerprint density at radius 2 is 1.52 bits per heavy atom. The Bertz CT molecular complexity index is 974. The summed E-state index contributed by atoms with van der Waals surface area (Å²) in [4.78, 5) is 26.2. The van der Waals surface area contributed by atoms with Crippen molar-refractivity contribution in [3.63, 3.8) is 0 Å². The van der Waals surface area contributed by atoms with Gasteiger partial charge in [0.05, 0.1) is 17.9 Å². The minimum Gasteiger partial charge on any atom is -0.390 e. The highest BCUT2D eigenvalue weighted by Gasteiger charge is 2.15. The fourth-order valence-corrected chi connectivity index (χ4v) is 2.91. The Morgan fingerprint density at radius 1 is 1.00 bits per heavy atom. The normalized spacial score (nSPS) is 10.7. The third kappa shape index (κ3) is 3.27. The number of nitrogens with one attached hydrogen (secondary N) is 1. The first-order valence-corrected chi connectivity index (χ1v) is 8.11. The number of rotatable bonds is 4. The molecule has 25 heavy (non-hydrogen) atoms. The number of aromatic amines is 1. The number of aliphatic hydroxyl groups is 1. The number of aromatic nitrogens is 1. The van der Waals surface area contributed by atoms with E-state index in [1.165, 1.54) is 0 Å². The van der Waals surface area contributed by atoms with Gasteiger partial charge in [0.2, 0.25) is 5.43 Å². The molecule has 3 aromatic rings. The van der Waals surface area contributed by atoms with E-state index in [0.717, 1.165) is 17.4 Å². The number of benzene rings is 2. The average Bonchev–Trinajstić information content (AvgIpc) is 2.66. The second-order valence-corrected chi connectivity index (χ2v) is 6.10. The Labute approximate surface area is 149 Å². The first kappa shape index (κ1) is 17.1. The van der Waals surface area contributed by atoms with Gasteiger partial charge in [0.15, 0.2) is 0 Å². The molecule has 0 unspecified atom stereocenters. The van der Waals surface area contributed by atoms with Crippen LogP contribution in [0.2, 0.25) is 5.02 Å². The highest BCUT2D eigenvalue weighted by Crippen LogP contribution is 2.26. The van der Waals surface area contributed by atoms with Gasteiger partial charge in [0, 0.05) is 11.3 Å². The van der Waals surface area contributed by atoms with Gasteiger partial charge in [0.1, 0.15) is 11.3 Å². The number of carbonyl (C=O) groups excluding carboxylic acids is 1. The third-order valence-electron chi connectivity index (χ3n) is 4.11. The maximum atomic E-state index is 12.5. The van der Waals surface area contributed by atoms with Gasteiger partial charge in [-0.1, -0.05) is 60.1 Å². The molecule has 0 saturated carbocycles. The van der Waals surface area contributed by atoms with E-state index in [1.54, 1.807) is 19.1 Å². The zero-order chi connectivity index (χ0) is 18.0. The van der Waals surface area contributed by atoms with E-state index in [0.29, 0.717) is 28.1 Å². The molecule has 0 aliphatic rings. The van der Waals surface area contributed by atoms with E-state index >= 15 is 0 Å². The van der Waals surface area contributed by atoms with E-state index in [1.807, 2.05) is 36.4 Å². The van der Waals surface area contributed by atoms with Crippen molar-refractivity contribution in [1.82, 2.24) is 4.98 Å². The molecule has 0 bridgehead atoms. The van der Waals surface area contributed by atoms with E-state index in [-0.39, 0.29) is 17.1 Å². The summed E-state index contributed by atoms with van der Waals surface area (Å²) in [7, 11) is 0. The van der Waals surface area contributed by atoms with Crippen molar-refractivity contribution in [2.24, 2.45) is 0 Å². The minimum atomic E-state index is -0.301. The van der Waals surface area contributed by atoms with Crippen LogP contribution in [0.3, 0.4) is 0 Å². The van der Waals surface area contributed by atoms with Gasteiger partial charge in [-0.2, -0.15) is 0 Å². The number of pyridine rings is 1. The van der Waals surface area contributed by atoms with Crippen LogP contribution in [0.25, 0.3) is 22.3 Å². The highest BCUT2D eigenvalue weighted by molar-refractivity contribution is 6.31. The first-order valence-electron chi connectivity index (χ1n) is 7.73. The van der Waals surface area contributed by atoms with Gasteiger partial charge in [0.25, 0.3) is 0 Å². The lowest BCUT2D eigenvalue weighted by Crippen LogP contribution is -2.13. The van der Waals surface area contributed by atoms with E-state index < -0.39 is 0 Å². The Morgan fingerprint density at radius 3 is 2.04 bits per heavy atom. The Kier molecular flexibility index (Phi) is 4.83. The molecule has 4 nitrogen and oxygen atoms in total. The van der Waals surface area contributed by atoms with Crippen molar-refractivity contribution in [2.75, 3.05) is 0 Å². The number of hydrogen-bond donors (Lipinski definition) is 2. The summed E-state index contributed by atoms with van der Waals surface area (Å²) in [6.45, 7) is 1.41. The van der Waals surface area contributed by atoms with E-state index in [4.69, 9.17) is 11.6 Å². The van der Waals surface area contributed by atoms with Gasteiger partial charge in [-0.25, -0.2) is 0 Å². The van der Waals surface area contributed by atoms with E-state index in [9.17, 15) is 14.7 Å². The second kappa shape index (κ2) is 7.05. The lowest BCUT2D eigenvalue weighted by Gasteiger charge is -2.11. The molecule has 0 atom stereocenters. The number of H-pyrrole nitrogens is 1. The van der Waals surface area contributed by atoms with Crippen LogP contribution in [0.5, 0.6) is 0 Å². The Balaban J connectivity index is 2.04. The highest BCUT2D eigenvalue weighted by atomic mass is 35.5. The number of aldehydes is 1. The van der Waals surface area contributed by atoms with Gasteiger partial charge >= 0.3 is 0 Å². The lowest BCUT2D eigenvalue weighted by atomic mass is 9.98. The van der Waals surface area contributed by atoms with E-state index in [2.05, 4.69) is 4.98 Å². The number of hydrogen-bond acceptors (Lipinski definition) is 3. The number of aliphatic hydroxyl groups excluding tert-OH is 1. The van der Waals surface area contributed by atoms with Crippen molar-refractivity contribution in [3.05, 3.63) is 80.7 Å². The quantitative estimate of drug-likeness (QED) is 0.697. The van der Waals surface area contributed by atoms with Crippen molar-refractivity contribution < 1.29 is 9.90 Å². The molecule has 0 aliphatic carbocycles. The number of carbonyl (C=O) groups is 1. The molecule has 0 radical (unpaired) electrons. The molecule has 1 aromatic heterocycles. The molecular formula is C20H16ClNO3. The molecule has 0 amide bonds. The van der Waals surface area contributed by atoms with Crippen LogP contribution >= 0.6 is 11.6 Å². The first-order chi connectivity index (χ1) is 12.0. The molecule has 2 N–H and O–H groups in total. The fraction of sp³-hybridized carbons (Fsp3) is 0.100. The predicted molar refractivity (Wildman–Crippen MR) is 99.0 cm³/mol. The van der Waals surface area contributed by atoms with Gasteiger partial charge in [-0.15, -0.1) is 0 Å². The van der Waals surface area contributed by atoms with Crippen LogP contribution in [-0.2, 0) is 6.61 Å². The van der Waals surface area contributed by atoms with Crippen LogP contribution in [0, 0.1) is 6.92 Å². The maximum Gasteiger partial charge on any atom is 0.208 e. The average molecular weight is 354 g/mol. The van der Waals surface area contributed by atoms with Crippen LogP contribution in [0.15, 0.2) is 53.3 Å². The fourth-order valence-electron chi connectivity index (χ4n) is 2.77. The molecule has 0 aliphatic heterocycles. The maximum absolute atomic E-state index is 12.5. The molecule has 126 valence electrons. The third-order valence-corrected chi connectivity index (χ3v) is 4.56. The molecular weight excluding hydrogens is 338 g/mol. The predicted octanol–water partition coefficient (Wildman–Crippen LogP) is 3.98. The summed E-state index contributed by atoms with van der Waals surface area (Å²) in [6.07, 6.45) is 0.802. The van der Waals surface area contributed by atoms with Crippen molar-refractivity contribution in [1.29, 1.82) is 0 Å². The summed E-state index contributed by atoms with van der Waals surface area (Å²) < 4.78 is 0. The SMILES string of the molecule is Cc1[nH]c(CO)c(-c2ccc(-c3ccc(C=O)cc3)cc2)c(=O)c1Cl. The van der Waals surface area contributed by atoms with Crippen LogP contribution in [-0.4, -0.2) is 16.4 Å². The van der Waals surface area contributed by atoms with Crippen LogP contribution < -0.4 is 5.43 Å². The summed E-state index contributed by atoms with van der Waals surface area (Å²) in [5.74, 6) is 0. The summed E-state index contributed by atoms with van der Waals surface area (Å²) in [5, 5.41) is 9.69. The number of halogens is 1. The van der Waals surface area contributed by atoms with Crippen LogP contribution in [0.4, 0.5) is 0 Å². The minimum absolute atomic E-state index is 0.126. The smallest absolute Gasteiger partial charge is 0.208 e. The summed E-state index contributed by atoms with van der Waals surface area (Å²) in [5.41, 5.74) is 4.28. The van der Waals surface area contributed by atoms with Gasteiger partial charge in [-0.05, 0) is 23.6 Å². The van der Waals surface area contributed by atoms with Crippen molar-refractivity contribution in [2.45, 2.75) is 13.5 Å². The summed E-state index contributed by atoms with van der Waals surface area (Å²) >= 11 is 6.06. The van der Waals surface area contributed by atoms with Crippen molar-refractivity contribution in [3.8, 4) is 22.3 Å². The van der Waals surface area contributed by atoms with Crippen molar-refractivity contribution >= 4 is 17.9 Å². The largest absolute Gasteiger partial charge is 0.390 e. The zero-order valence-corrected chi connectivity index (χ0v) is 14.3. The molecule has 0 saturated heterocycles. The molecule has 5 heteroatoms. The Hall–Kier alpha value is -2.69. The summed E-state index contributed by atoms with van der Waals surface area (Å²) in [6, 6.07) is 14.7. The van der Waals surface area contributed by atoms with Gasteiger partial charge in [-0.3, -0.25) is 9.59 Å². The topological polar surface area (TPSA) is 70.2 Å². The molecule has 0 fully saturated rings. The second-order valence-electron chi connectivity index (χ2n) is 5.72. The molecule has 3 rings (SSSR count). The zero-order valence-electron chi connectivity index (χ0n) is 13.5. The molecule has 1 heterocycles. The lowest BCUT2D eigenvalue weighted by molar-refractivity contribution is 0.112. The number of aryl methyl sites for hydroxylation is 1.